The third-order valence-electron chi connectivity index (χ3n) is 1.28. The summed E-state index contributed by atoms with van der Waals surface area (Å²) in [4.78, 5) is 10.2. The zero-order valence-electron chi connectivity index (χ0n) is 6.45. The van der Waals surface area contributed by atoms with Gasteiger partial charge in [0.2, 0.25) is 0 Å². The molecular weight excluding hydrogens is 175 g/mol. The van der Waals surface area contributed by atoms with Crippen LogP contribution in [0.1, 0.15) is 5.56 Å². The van der Waals surface area contributed by atoms with Crippen molar-refractivity contribution in [2.45, 2.75) is 0 Å². The number of nitrogens with two attached hydrogens (primary N) is 1. The van der Waals surface area contributed by atoms with Gasteiger partial charge < -0.3 is 10.5 Å². The number of nitriles is 1. The zero-order chi connectivity index (χ0) is 9.84. The molecule has 0 radical (unpaired) electrons. The molecule has 5 heteroatoms. The number of benzene rings is 1. The largest absolute Gasteiger partial charge is 0.410 e. The zero-order valence-corrected chi connectivity index (χ0v) is 6.45. The lowest BCUT2D eigenvalue weighted by Crippen LogP contribution is -2.16. The Bertz CT molecular complexity index is 384. The molecule has 2 N–H and O–H groups in total. The maximum absolute atomic E-state index is 12.8. The molecule has 0 aromatic heterocycles. The van der Waals surface area contributed by atoms with E-state index in [0.717, 1.165) is 6.07 Å². The molecule has 0 atom stereocenters. The lowest BCUT2D eigenvalue weighted by molar-refractivity contribution is 0.210. The van der Waals surface area contributed by atoms with Crippen molar-refractivity contribution in [2.24, 2.45) is 5.73 Å². The topological polar surface area (TPSA) is 76.1 Å². The number of hydrogen-bond donors (Lipinski definition) is 1. The number of rotatable bonds is 1. The van der Waals surface area contributed by atoms with E-state index in [1.165, 1.54) is 12.1 Å². The minimum absolute atomic E-state index is 0.0241. The first-order chi connectivity index (χ1) is 6.13. The van der Waals surface area contributed by atoms with Crippen LogP contribution in [0.2, 0.25) is 0 Å². The fourth-order valence-electron chi connectivity index (χ4n) is 0.766. The molecule has 0 fully saturated rings. The van der Waals surface area contributed by atoms with E-state index in [-0.39, 0.29) is 11.3 Å². The molecule has 0 spiro atoms. The molecule has 0 bridgehead atoms. The number of nitrogens with zero attached hydrogens (tertiary/aromatic N) is 1. The SMILES string of the molecule is N#Cc1ccc(OC(N)=O)cc1F. The fraction of sp³-hybridized carbons (Fsp3) is 0. The van der Waals surface area contributed by atoms with Crippen molar-refractivity contribution < 1.29 is 13.9 Å². The van der Waals surface area contributed by atoms with Crippen LogP contribution in [0.25, 0.3) is 0 Å². The minimum Gasteiger partial charge on any atom is -0.410 e. The van der Waals surface area contributed by atoms with Crippen molar-refractivity contribution in [3.63, 3.8) is 0 Å². The molecule has 1 aromatic carbocycles. The number of carbonyl (C=O) groups is 1. The standard InChI is InChI=1S/C8H5FN2O2/c9-7-3-6(13-8(11)12)2-1-5(7)4-10/h1-3H,(H2,11,12). The predicted octanol–water partition coefficient (Wildman–Crippen LogP) is 1.15. The van der Waals surface area contributed by atoms with E-state index in [0.29, 0.717) is 0 Å². The Balaban J connectivity index is 2.97. The molecule has 0 aliphatic heterocycles. The van der Waals surface area contributed by atoms with Gasteiger partial charge in [-0.15, -0.1) is 0 Å². The first-order valence-corrected chi connectivity index (χ1v) is 3.30. The van der Waals surface area contributed by atoms with Gasteiger partial charge in [-0.25, -0.2) is 9.18 Å². The van der Waals surface area contributed by atoms with Crippen molar-refractivity contribution in [1.82, 2.24) is 0 Å². The number of ether oxygens (including phenoxy) is 1. The molecule has 1 rings (SSSR count). The van der Waals surface area contributed by atoms with E-state index < -0.39 is 11.9 Å². The first-order valence-electron chi connectivity index (χ1n) is 3.30. The van der Waals surface area contributed by atoms with Gasteiger partial charge in [-0.2, -0.15) is 5.26 Å². The highest BCUT2D eigenvalue weighted by Gasteiger charge is 2.04. The Morgan fingerprint density at radius 3 is 2.77 bits per heavy atom. The van der Waals surface area contributed by atoms with Gasteiger partial charge in [0.1, 0.15) is 17.6 Å². The maximum Gasteiger partial charge on any atom is 0.409 e. The van der Waals surface area contributed by atoms with Crippen LogP contribution in [-0.4, -0.2) is 6.09 Å². The second-order valence-corrected chi connectivity index (χ2v) is 2.17. The number of primary amides is 1. The van der Waals surface area contributed by atoms with Gasteiger partial charge in [0.15, 0.2) is 0 Å². The van der Waals surface area contributed by atoms with E-state index in [4.69, 9.17) is 11.0 Å². The Morgan fingerprint density at radius 2 is 2.31 bits per heavy atom. The van der Waals surface area contributed by atoms with Crippen LogP contribution in [0.3, 0.4) is 0 Å². The van der Waals surface area contributed by atoms with E-state index in [1.54, 1.807) is 6.07 Å². The molecule has 0 saturated heterocycles. The average Bonchev–Trinajstić information content (AvgIpc) is 2.03. The second kappa shape index (κ2) is 3.54. The average molecular weight is 180 g/mol. The van der Waals surface area contributed by atoms with Gasteiger partial charge in [-0.1, -0.05) is 0 Å². The fourth-order valence-corrected chi connectivity index (χ4v) is 0.766. The third-order valence-corrected chi connectivity index (χ3v) is 1.28. The van der Waals surface area contributed by atoms with Crippen LogP contribution in [0, 0.1) is 17.1 Å². The highest BCUT2D eigenvalue weighted by Crippen LogP contribution is 2.15. The van der Waals surface area contributed by atoms with Crippen LogP contribution in [0.4, 0.5) is 9.18 Å². The van der Waals surface area contributed by atoms with E-state index >= 15 is 0 Å². The summed E-state index contributed by atoms with van der Waals surface area (Å²) >= 11 is 0. The summed E-state index contributed by atoms with van der Waals surface area (Å²) in [6, 6.07) is 5.04. The smallest absolute Gasteiger partial charge is 0.409 e. The lowest BCUT2D eigenvalue weighted by Gasteiger charge is -2.00. The van der Waals surface area contributed by atoms with E-state index in [2.05, 4.69) is 4.74 Å². The Hall–Kier alpha value is -2.09. The summed E-state index contributed by atoms with van der Waals surface area (Å²) in [6.07, 6.45) is -1.02. The van der Waals surface area contributed by atoms with E-state index in [1.807, 2.05) is 0 Å². The molecule has 0 aliphatic rings. The molecule has 66 valence electrons. The van der Waals surface area contributed by atoms with Gasteiger partial charge in [0, 0.05) is 6.07 Å². The number of halogens is 1. The Kier molecular flexibility index (Phi) is 2.45. The summed E-state index contributed by atoms with van der Waals surface area (Å²) in [5.41, 5.74) is 4.58. The summed E-state index contributed by atoms with van der Waals surface area (Å²) in [5.74, 6) is -0.773. The lowest BCUT2D eigenvalue weighted by atomic mass is 10.2. The quantitative estimate of drug-likeness (QED) is 0.704. The van der Waals surface area contributed by atoms with Crippen molar-refractivity contribution in [1.29, 1.82) is 5.26 Å². The summed E-state index contributed by atoms with van der Waals surface area (Å²) in [6.45, 7) is 0. The molecule has 4 nitrogen and oxygen atoms in total. The summed E-state index contributed by atoms with van der Waals surface area (Å²) in [7, 11) is 0. The maximum atomic E-state index is 12.8. The summed E-state index contributed by atoms with van der Waals surface area (Å²) < 4.78 is 17.2. The molecule has 0 heterocycles. The van der Waals surface area contributed by atoms with Crippen molar-refractivity contribution >= 4 is 6.09 Å². The van der Waals surface area contributed by atoms with Gasteiger partial charge in [0.25, 0.3) is 0 Å². The van der Waals surface area contributed by atoms with Gasteiger partial charge >= 0.3 is 6.09 Å². The van der Waals surface area contributed by atoms with Crippen LogP contribution in [-0.2, 0) is 0 Å². The number of carbonyl (C=O) groups excluding carboxylic acids is 1. The normalized spacial score (nSPS) is 8.92. The third kappa shape index (κ3) is 2.17. The van der Waals surface area contributed by atoms with Gasteiger partial charge in [-0.3, -0.25) is 0 Å². The van der Waals surface area contributed by atoms with Gasteiger partial charge in [0.05, 0.1) is 5.56 Å². The van der Waals surface area contributed by atoms with Crippen molar-refractivity contribution in [2.75, 3.05) is 0 Å². The molecule has 0 saturated carbocycles. The van der Waals surface area contributed by atoms with E-state index in [9.17, 15) is 9.18 Å². The summed E-state index contributed by atoms with van der Waals surface area (Å²) in [5, 5.41) is 8.37. The van der Waals surface area contributed by atoms with Crippen LogP contribution in [0.15, 0.2) is 18.2 Å². The minimum atomic E-state index is -1.02. The van der Waals surface area contributed by atoms with Crippen LogP contribution < -0.4 is 10.5 Å². The first kappa shape index (κ1) is 9.00. The van der Waals surface area contributed by atoms with Crippen LogP contribution in [0.5, 0.6) is 5.75 Å². The molecule has 1 amide bonds. The molecule has 13 heavy (non-hydrogen) atoms. The van der Waals surface area contributed by atoms with Gasteiger partial charge in [-0.05, 0) is 12.1 Å². The van der Waals surface area contributed by atoms with Crippen molar-refractivity contribution in [3.8, 4) is 11.8 Å². The molecule has 0 unspecified atom stereocenters. The monoisotopic (exact) mass is 180 g/mol. The molecule has 1 aromatic rings. The molecular formula is C8H5FN2O2. The highest BCUT2D eigenvalue weighted by molar-refractivity contribution is 5.68. The Labute approximate surface area is 73.3 Å². The second-order valence-electron chi connectivity index (χ2n) is 2.17. The molecule has 0 aliphatic carbocycles. The van der Waals surface area contributed by atoms with Crippen molar-refractivity contribution in [3.05, 3.63) is 29.6 Å². The van der Waals surface area contributed by atoms with Crippen LogP contribution >= 0.6 is 0 Å². The highest BCUT2D eigenvalue weighted by atomic mass is 19.1. The predicted molar refractivity (Wildman–Crippen MR) is 41.3 cm³/mol. The Morgan fingerprint density at radius 1 is 1.62 bits per heavy atom. The number of hydrogen-bond acceptors (Lipinski definition) is 3. The number of amides is 1.